The van der Waals surface area contributed by atoms with Crippen LogP contribution in [0, 0.1) is 6.07 Å². The second-order valence-corrected chi connectivity index (χ2v) is 12.1. The third kappa shape index (κ3) is 5.84. The molecule has 1 radical (unpaired) electrons. The van der Waals surface area contributed by atoms with E-state index in [1.807, 2.05) is 12.3 Å². The van der Waals surface area contributed by atoms with E-state index in [0.29, 0.717) is 17.4 Å². The number of aromatic nitrogens is 1. The molecule has 0 atom stereocenters. The van der Waals surface area contributed by atoms with Gasteiger partial charge in [0.1, 0.15) is 11.3 Å². The van der Waals surface area contributed by atoms with E-state index in [4.69, 9.17) is 14.5 Å². The number of carbonyl (C=O) groups is 1. The summed E-state index contributed by atoms with van der Waals surface area (Å²) in [5.41, 5.74) is 7.05. The molecule has 2 aromatic heterocycles. The maximum absolute atomic E-state index is 10.7. The Morgan fingerprint density at radius 2 is 1.52 bits per heavy atom. The first-order valence-electron chi connectivity index (χ1n) is 15.6. The number of Topliss-reactive ketones (excluding diaryl/α,β-unsaturated/α-hetero) is 1. The minimum atomic E-state index is -0.113. The molecule has 6 aromatic rings. The molecule has 2 fully saturated rings. The first-order valence-corrected chi connectivity index (χ1v) is 15.6. The summed E-state index contributed by atoms with van der Waals surface area (Å²) < 4.78 is 6.44. The summed E-state index contributed by atoms with van der Waals surface area (Å²) in [4.78, 5) is 15.6. The summed E-state index contributed by atoms with van der Waals surface area (Å²) in [6.45, 7) is 1.43. The van der Waals surface area contributed by atoms with Gasteiger partial charge >= 0.3 is 0 Å². The van der Waals surface area contributed by atoms with Crippen LogP contribution in [0.5, 0.6) is 5.75 Å². The summed E-state index contributed by atoms with van der Waals surface area (Å²) in [7, 11) is 0. The van der Waals surface area contributed by atoms with Gasteiger partial charge in [-0.15, -0.1) is 17.7 Å². The number of nitrogens with zero attached hydrogens (tertiary/aromatic N) is 1. The molecule has 2 aliphatic carbocycles. The van der Waals surface area contributed by atoms with Crippen molar-refractivity contribution in [1.29, 1.82) is 0 Å². The third-order valence-corrected chi connectivity index (χ3v) is 9.36. The van der Waals surface area contributed by atoms with E-state index >= 15 is 0 Å². The number of rotatable bonds is 4. The molecular weight excluding hydrogens is 723 g/mol. The van der Waals surface area contributed by atoms with Crippen molar-refractivity contribution in [3.8, 4) is 17.0 Å². The normalized spacial score (nSPS) is 15.4. The predicted molar refractivity (Wildman–Crippen MR) is 174 cm³/mol. The number of fused-ring (bicyclic) bond motifs is 4. The Morgan fingerprint density at radius 1 is 0.818 bits per heavy atom. The molecule has 2 heterocycles. The zero-order chi connectivity index (χ0) is 29.3. The largest absolute Gasteiger partial charge is 0.507 e. The Balaban J connectivity index is 0.000000269. The molecule has 0 amide bonds. The van der Waals surface area contributed by atoms with Crippen LogP contribution in [0.25, 0.3) is 44.0 Å². The number of carbonyl (C=O) groups excluding carboxylic acids is 1. The summed E-state index contributed by atoms with van der Waals surface area (Å²) in [6, 6.07) is 30.2. The van der Waals surface area contributed by atoms with Crippen molar-refractivity contribution in [2.45, 2.75) is 70.1 Å². The molecule has 1 N–H and O–H groups in total. The van der Waals surface area contributed by atoms with Gasteiger partial charge in [0.25, 0.3) is 0 Å². The predicted octanol–water partition coefficient (Wildman–Crippen LogP) is 10.5. The summed E-state index contributed by atoms with van der Waals surface area (Å²) in [6.07, 6.45) is 12.5. The zero-order valence-electron chi connectivity index (χ0n) is 24.9. The van der Waals surface area contributed by atoms with Crippen LogP contribution in [0.4, 0.5) is 0 Å². The van der Waals surface area contributed by atoms with Gasteiger partial charge in [-0.25, -0.2) is 0 Å². The zero-order valence-corrected chi connectivity index (χ0v) is 27.3. The molecule has 4 nitrogen and oxygen atoms in total. The molecule has 0 unspecified atom stereocenters. The monoisotopic (exact) mass is 759 g/mol. The number of aromatic hydroxyl groups is 1. The van der Waals surface area contributed by atoms with E-state index < -0.39 is 0 Å². The molecule has 225 valence electrons. The maximum atomic E-state index is 10.7. The van der Waals surface area contributed by atoms with Gasteiger partial charge in [0.2, 0.25) is 0 Å². The fraction of sp³-hybridized carbons (Fsp3) is 0.282. The topological polar surface area (TPSA) is 63.3 Å². The van der Waals surface area contributed by atoms with Crippen LogP contribution in [0.2, 0.25) is 0 Å². The minimum absolute atomic E-state index is 0. The van der Waals surface area contributed by atoms with Gasteiger partial charge < -0.3 is 14.5 Å². The van der Waals surface area contributed by atoms with Crippen molar-refractivity contribution in [1.82, 2.24) is 4.98 Å². The third-order valence-electron chi connectivity index (χ3n) is 9.36. The van der Waals surface area contributed by atoms with E-state index in [-0.39, 0.29) is 31.6 Å². The smallest absolute Gasteiger partial charge is 0.163 e. The van der Waals surface area contributed by atoms with E-state index in [9.17, 15) is 4.79 Å². The first-order chi connectivity index (χ1) is 21.1. The Bertz CT molecular complexity index is 1950. The molecule has 0 bridgehead atoms. The van der Waals surface area contributed by atoms with Crippen LogP contribution in [-0.2, 0) is 20.1 Å². The summed E-state index contributed by atoms with van der Waals surface area (Å²) in [5, 5.41) is 13.9. The minimum Gasteiger partial charge on any atom is -0.507 e. The number of para-hydroxylation sites is 2. The quantitative estimate of drug-likeness (QED) is 0.144. The number of hydrogen-bond donors (Lipinski definition) is 1. The van der Waals surface area contributed by atoms with Crippen LogP contribution in [-0.4, -0.2) is 15.9 Å². The molecule has 4 aromatic carbocycles. The molecule has 0 saturated heterocycles. The first kappa shape index (κ1) is 30.2. The molecule has 44 heavy (non-hydrogen) atoms. The Labute approximate surface area is 271 Å². The molecule has 2 saturated carbocycles. The van der Waals surface area contributed by atoms with Gasteiger partial charge in [0.15, 0.2) is 5.78 Å². The fourth-order valence-electron chi connectivity index (χ4n) is 7.09. The Morgan fingerprint density at radius 3 is 2.25 bits per heavy atom. The van der Waals surface area contributed by atoms with Crippen LogP contribution in [0.15, 0.2) is 89.5 Å². The second kappa shape index (κ2) is 13.1. The van der Waals surface area contributed by atoms with Gasteiger partial charge in [-0.1, -0.05) is 85.2 Å². The molecule has 8 rings (SSSR count). The molecular formula is C39H36IrNO3-. The maximum Gasteiger partial charge on any atom is 0.163 e. The fourth-order valence-corrected chi connectivity index (χ4v) is 7.09. The number of pyridine rings is 1. The van der Waals surface area contributed by atoms with Gasteiger partial charge in [-0.3, -0.25) is 4.79 Å². The molecule has 0 spiro atoms. The molecule has 2 aliphatic rings. The number of furan rings is 1. The summed E-state index contributed by atoms with van der Waals surface area (Å²) in [5.74, 6) is 1.24. The van der Waals surface area contributed by atoms with Crippen molar-refractivity contribution < 1.29 is 34.4 Å². The van der Waals surface area contributed by atoms with Crippen molar-refractivity contribution >= 4 is 38.5 Å². The van der Waals surface area contributed by atoms with E-state index in [2.05, 4.69) is 54.6 Å². The summed E-state index contributed by atoms with van der Waals surface area (Å²) >= 11 is 0. The van der Waals surface area contributed by atoms with Crippen molar-refractivity contribution in [2.24, 2.45) is 0 Å². The average molecular weight is 759 g/mol. The van der Waals surface area contributed by atoms with Crippen LogP contribution >= 0.6 is 0 Å². The van der Waals surface area contributed by atoms with Crippen LogP contribution in [0.3, 0.4) is 0 Å². The van der Waals surface area contributed by atoms with E-state index in [1.165, 1.54) is 97.0 Å². The standard InChI is InChI=1S/C31H28NO.C8H8O2.Ir/c1-2-8-20(7-1)22-13-14-25-23(17-22)15-16-32-30(25)28-19-24(21-9-3-4-10-21)18-27-26-11-5-6-12-29(26)33-31(27)28;1-6(9)7-4-2-3-5-8(7)10;/h5-6,11-18,20-21H,1-4,7-10H2;2-5,10H,1H3;/q-1;;. The SMILES string of the molecule is CC(=O)c1ccccc1O.[Ir].[c-]1c(C2CCCC2)cc2c(oc3ccccc32)c1-c1nccc2cc(C3CCCC3)ccc12. The number of phenolic OH excluding ortho intramolecular Hbond substituents is 1. The molecule has 0 aliphatic heterocycles. The van der Waals surface area contributed by atoms with E-state index in [1.54, 1.807) is 18.2 Å². The van der Waals surface area contributed by atoms with Crippen LogP contribution in [0.1, 0.15) is 91.6 Å². The van der Waals surface area contributed by atoms with Crippen molar-refractivity contribution in [2.75, 3.05) is 0 Å². The van der Waals surface area contributed by atoms with Crippen molar-refractivity contribution in [3.63, 3.8) is 0 Å². The van der Waals surface area contributed by atoms with Gasteiger partial charge in [-0.2, -0.15) is 0 Å². The number of ketones is 1. The van der Waals surface area contributed by atoms with Crippen molar-refractivity contribution in [3.05, 3.63) is 108 Å². The van der Waals surface area contributed by atoms with Gasteiger partial charge in [0, 0.05) is 31.7 Å². The Kier molecular flexibility index (Phi) is 8.98. The second-order valence-electron chi connectivity index (χ2n) is 12.1. The van der Waals surface area contributed by atoms with E-state index in [0.717, 1.165) is 22.4 Å². The van der Waals surface area contributed by atoms with Crippen LogP contribution < -0.4 is 0 Å². The average Bonchev–Trinajstić information content (AvgIpc) is 3.82. The van der Waals surface area contributed by atoms with Gasteiger partial charge in [0.05, 0.1) is 11.1 Å². The number of phenols is 1. The Hall–Kier alpha value is -3.79. The molecule has 5 heteroatoms. The number of hydrogen-bond acceptors (Lipinski definition) is 4. The van der Waals surface area contributed by atoms with Gasteiger partial charge in [-0.05, 0) is 90.7 Å². The number of benzene rings is 4.